The summed E-state index contributed by atoms with van der Waals surface area (Å²) in [6.45, 7) is 8.62. The van der Waals surface area contributed by atoms with Gasteiger partial charge < -0.3 is 29.7 Å². The van der Waals surface area contributed by atoms with Crippen molar-refractivity contribution in [2.75, 3.05) is 71.3 Å². The van der Waals surface area contributed by atoms with Gasteiger partial charge in [0.15, 0.2) is 6.10 Å². The van der Waals surface area contributed by atoms with Crippen molar-refractivity contribution in [1.82, 2.24) is 39.9 Å². The van der Waals surface area contributed by atoms with Crippen molar-refractivity contribution < 1.29 is 19.1 Å². The van der Waals surface area contributed by atoms with Gasteiger partial charge in [-0.2, -0.15) is 15.4 Å². The number of nitrogens with zero attached hydrogens (tertiary/aromatic N) is 7. The van der Waals surface area contributed by atoms with Gasteiger partial charge in [-0.05, 0) is 88.0 Å². The minimum Gasteiger partial charge on any atom is -0.436 e. The molecule has 0 radical (unpaired) electrons. The number of rotatable bonds is 6. The number of piperazine rings is 1. The van der Waals surface area contributed by atoms with Gasteiger partial charge in [-0.3, -0.25) is 9.69 Å². The van der Waals surface area contributed by atoms with Crippen LogP contribution in [0.3, 0.4) is 0 Å². The van der Waals surface area contributed by atoms with Gasteiger partial charge in [-0.25, -0.2) is 9.59 Å². The Morgan fingerprint density at radius 1 is 0.896 bits per heavy atom. The molecule has 3 fully saturated rings. The first kappa shape index (κ1) is 32.3. The van der Waals surface area contributed by atoms with Gasteiger partial charge >= 0.3 is 12.1 Å². The fourth-order valence-corrected chi connectivity index (χ4v) is 7.87. The van der Waals surface area contributed by atoms with Crippen molar-refractivity contribution in [3.8, 4) is 0 Å². The van der Waals surface area contributed by atoms with Gasteiger partial charge in [0, 0.05) is 70.0 Å². The highest BCUT2D eigenvalue weighted by Gasteiger charge is 2.36. The average Bonchev–Trinajstić information content (AvgIpc) is 3.52. The quantitative estimate of drug-likeness (QED) is 0.414. The Morgan fingerprint density at radius 2 is 1.62 bits per heavy atom. The number of benzene rings is 2. The van der Waals surface area contributed by atoms with Crippen LogP contribution in [0.1, 0.15) is 42.4 Å². The normalized spacial score (nSPS) is 21.1. The second-order valence-electron chi connectivity index (χ2n) is 13.8. The molecule has 3 saturated heterocycles. The monoisotopic (exact) mass is 657 g/mol. The molecule has 0 bridgehead atoms. The Hall–Kier alpha value is -4.23. The van der Waals surface area contributed by atoms with E-state index in [1.54, 1.807) is 4.90 Å². The molecule has 0 unspecified atom stereocenters. The SMILES string of the molecule is Cc1cc(C[C@@H](OC(=O)N2CCC(N3CCc4ccccc4NC3=O)CC2)C(=O)N2CCN(C3CCN(C)CC3)CC2)cc2n[nH]nc12. The standard InChI is InChI=1S/C35H47N9O4/c1-24-21-25(22-30-32(24)38-39-37-30)23-31(33(45)42-19-17-41(18-20-42)27-8-12-40(2)13-9-27)48-35(47)43-14-10-28(11-15-43)44-16-7-26-5-3-4-6-29(26)36-34(44)46/h3-6,21-22,27-28,31H,7-20,23H2,1-2H3,(H,36,46)(H,37,38,39)/t31-/m1/s1. The topological polar surface area (TPSA) is 130 Å². The number of urea groups is 1. The van der Waals surface area contributed by atoms with Crippen LogP contribution in [0.5, 0.6) is 0 Å². The molecule has 1 aromatic heterocycles. The number of hydrogen-bond donors (Lipinski definition) is 2. The van der Waals surface area contributed by atoms with Gasteiger partial charge in [0.1, 0.15) is 11.0 Å². The number of hydrogen-bond acceptors (Lipinski definition) is 8. The van der Waals surface area contributed by atoms with E-state index in [9.17, 15) is 14.4 Å². The third kappa shape index (κ3) is 6.98. The minimum atomic E-state index is -0.955. The number of para-hydroxylation sites is 1. The van der Waals surface area contributed by atoms with Crippen molar-refractivity contribution in [3.63, 3.8) is 0 Å². The number of likely N-dealkylation sites (tertiary alicyclic amines) is 2. The van der Waals surface area contributed by atoms with E-state index in [-0.39, 0.29) is 24.4 Å². The number of carbonyl (C=O) groups is 3. The predicted molar refractivity (Wildman–Crippen MR) is 182 cm³/mol. The molecule has 2 aromatic carbocycles. The Kier molecular flexibility index (Phi) is 9.49. The first-order chi connectivity index (χ1) is 23.3. The van der Waals surface area contributed by atoms with Crippen molar-refractivity contribution in [3.05, 3.63) is 53.1 Å². The molecule has 0 spiro atoms. The molecule has 4 aliphatic heterocycles. The molecule has 13 nitrogen and oxygen atoms in total. The molecule has 256 valence electrons. The van der Waals surface area contributed by atoms with Crippen LogP contribution in [0.2, 0.25) is 0 Å². The number of aromatic nitrogens is 3. The van der Waals surface area contributed by atoms with E-state index < -0.39 is 12.2 Å². The maximum absolute atomic E-state index is 14.1. The van der Waals surface area contributed by atoms with Crippen LogP contribution < -0.4 is 5.32 Å². The number of nitrogens with one attached hydrogen (secondary N) is 2. The minimum absolute atomic E-state index is 0.0267. The Balaban J connectivity index is 0.996. The number of aromatic amines is 1. The van der Waals surface area contributed by atoms with E-state index in [1.165, 1.54) is 0 Å². The zero-order valence-electron chi connectivity index (χ0n) is 28.1. The molecule has 0 aliphatic carbocycles. The smallest absolute Gasteiger partial charge is 0.410 e. The van der Waals surface area contributed by atoms with E-state index in [0.717, 1.165) is 78.9 Å². The summed E-state index contributed by atoms with van der Waals surface area (Å²) < 4.78 is 6.10. The first-order valence-electron chi connectivity index (χ1n) is 17.4. The van der Waals surface area contributed by atoms with Crippen LogP contribution in [0.15, 0.2) is 36.4 Å². The maximum atomic E-state index is 14.1. The number of anilines is 1. The van der Waals surface area contributed by atoms with Crippen LogP contribution in [-0.2, 0) is 22.4 Å². The lowest BCUT2D eigenvalue weighted by Gasteiger charge is -2.42. The highest BCUT2D eigenvalue weighted by Crippen LogP contribution is 2.26. The summed E-state index contributed by atoms with van der Waals surface area (Å²) in [7, 11) is 2.17. The molecule has 0 saturated carbocycles. The van der Waals surface area contributed by atoms with E-state index in [1.807, 2.05) is 47.1 Å². The van der Waals surface area contributed by atoms with Crippen LogP contribution >= 0.6 is 0 Å². The second-order valence-corrected chi connectivity index (χ2v) is 13.8. The molecular weight excluding hydrogens is 610 g/mol. The molecule has 48 heavy (non-hydrogen) atoms. The van der Waals surface area contributed by atoms with Gasteiger partial charge in [-0.15, -0.1) is 0 Å². The number of fused-ring (bicyclic) bond motifs is 2. The molecular formula is C35H47N9O4. The Morgan fingerprint density at radius 3 is 2.40 bits per heavy atom. The molecule has 7 rings (SSSR count). The number of aryl methyl sites for hydroxylation is 1. The lowest BCUT2D eigenvalue weighted by molar-refractivity contribution is -0.143. The number of carbonyl (C=O) groups excluding carboxylic acids is 3. The lowest BCUT2D eigenvalue weighted by Crippen LogP contribution is -2.56. The largest absolute Gasteiger partial charge is 0.436 e. The van der Waals surface area contributed by atoms with Gasteiger partial charge in [0.05, 0.1) is 0 Å². The van der Waals surface area contributed by atoms with Crippen LogP contribution in [-0.4, -0.2) is 142 Å². The van der Waals surface area contributed by atoms with Crippen molar-refractivity contribution in [2.45, 2.75) is 63.6 Å². The molecule has 3 aromatic rings. The summed E-state index contributed by atoms with van der Waals surface area (Å²) in [5, 5.41) is 14.2. The van der Waals surface area contributed by atoms with Crippen LogP contribution in [0, 0.1) is 6.92 Å². The van der Waals surface area contributed by atoms with E-state index in [0.29, 0.717) is 51.6 Å². The Bertz CT molecular complexity index is 1620. The summed E-state index contributed by atoms with van der Waals surface area (Å²) in [6.07, 6.45) is 3.22. The fraction of sp³-hybridized carbons (Fsp3) is 0.571. The molecule has 1 atom stereocenters. The van der Waals surface area contributed by atoms with E-state index in [2.05, 4.69) is 43.6 Å². The molecule has 2 N–H and O–H groups in total. The summed E-state index contributed by atoms with van der Waals surface area (Å²) in [6, 6.07) is 12.3. The fourth-order valence-electron chi connectivity index (χ4n) is 7.87. The predicted octanol–water partition coefficient (Wildman–Crippen LogP) is 3.11. The zero-order valence-corrected chi connectivity index (χ0v) is 28.1. The number of piperidine rings is 2. The summed E-state index contributed by atoms with van der Waals surface area (Å²) in [5.74, 6) is -0.153. The third-order valence-corrected chi connectivity index (χ3v) is 10.7. The molecule has 4 aliphatic rings. The lowest BCUT2D eigenvalue weighted by atomic mass is 10.0. The van der Waals surface area contributed by atoms with Crippen molar-refractivity contribution in [1.29, 1.82) is 0 Å². The van der Waals surface area contributed by atoms with E-state index >= 15 is 0 Å². The highest BCUT2D eigenvalue weighted by atomic mass is 16.6. The van der Waals surface area contributed by atoms with Crippen LogP contribution in [0.4, 0.5) is 15.3 Å². The second kappa shape index (κ2) is 14.1. The van der Waals surface area contributed by atoms with Crippen molar-refractivity contribution >= 4 is 34.8 Å². The zero-order chi connectivity index (χ0) is 33.2. The number of H-pyrrole nitrogens is 1. The summed E-state index contributed by atoms with van der Waals surface area (Å²) >= 11 is 0. The number of amides is 4. The summed E-state index contributed by atoms with van der Waals surface area (Å²) in [5.41, 5.74) is 5.32. The third-order valence-electron chi connectivity index (χ3n) is 10.7. The number of ether oxygens (including phenoxy) is 1. The van der Waals surface area contributed by atoms with Gasteiger partial charge in [-0.1, -0.05) is 24.3 Å². The van der Waals surface area contributed by atoms with E-state index in [4.69, 9.17) is 4.74 Å². The molecule has 13 heteroatoms. The van der Waals surface area contributed by atoms with Crippen molar-refractivity contribution in [2.24, 2.45) is 0 Å². The first-order valence-corrected chi connectivity index (χ1v) is 17.4. The summed E-state index contributed by atoms with van der Waals surface area (Å²) in [4.78, 5) is 51.2. The van der Waals surface area contributed by atoms with Crippen LogP contribution in [0.25, 0.3) is 11.0 Å². The average molecular weight is 658 g/mol. The van der Waals surface area contributed by atoms with Gasteiger partial charge in [0.2, 0.25) is 0 Å². The molecule has 4 amide bonds. The maximum Gasteiger partial charge on any atom is 0.410 e. The Labute approximate surface area is 281 Å². The highest BCUT2D eigenvalue weighted by molar-refractivity contribution is 5.91. The molecule has 5 heterocycles. The van der Waals surface area contributed by atoms with Gasteiger partial charge in [0.25, 0.3) is 5.91 Å².